The second-order valence-corrected chi connectivity index (χ2v) is 4.59. The van der Waals surface area contributed by atoms with Gasteiger partial charge in [0.25, 0.3) is 0 Å². The molecule has 0 saturated carbocycles. The first-order valence-electron chi connectivity index (χ1n) is 6.70. The third kappa shape index (κ3) is 4.77. The van der Waals surface area contributed by atoms with Gasteiger partial charge in [-0.05, 0) is 24.5 Å². The van der Waals surface area contributed by atoms with Crippen LogP contribution in [0.25, 0.3) is 6.08 Å². The number of rotatable bonds is 8. The van der Waals surface area contributed by atoms with Crippen molar-refractivity contribution in [1.82, 2.24) is 0 Å². The van der Waals surface area contributed by atoms with Crippen LogP contribution >= 0.6 is 0 Å². The van der Waals surface area contributed by atoms with Crippen molar-refractivity contribution in [3.63, 3.8) is 0 Å². The van der Waals surface area contributed by atoms with Crippen LogP contribution in [0.2, 0.25) is 0 Å². The SMILES string of the molecule is C=CCC(C#N)(CC=C)C(=O)OC/C=C/c1ccccc1. The van der Waals surface area contributed by atoms with Crippen molar-refractivity contribution in [3.8, 4) is 6.07 Å². The summed E-state index contributed by atoms with van der Waals surface area (Å²) in [4.78, 5) is 12.1. The smallest absolute Gasteiger partial charge is 0.327 e. The van der Waals surface area contributed by atoms with Crippen LogP contribution in [0.4, 0.5) is 0 Å². The van der Waals surface area contributed by atoms with Gasteiger partial charge in [-0.15, -0.1) is 13.2 Å². The largest absolute Gasteiger partial charge is 0.460 e. The van der Waals surface area contributed by atoms with Crippen LogP contribution in [0.1, 0.15) is 18.4 Å². The van der Waals surface area contributed by atoms with Crippen LogP contribution in [0.15, 0.2) is 61.7 Å². The number of benzene rings is 1. The monoisotopic (exact) mass is 281 g/mol. The molecule has 0 aliphatic heterocycles. The molecule has 0 saturated heterocycles. The van der Waals surface area contributed by atoms with Gasteiger partial charge < -0.3 is 4.74 Å². The molecule has 108 valence electrons. The quantitative estimate of drug-likeness (QED) is 0.536. The van der Waals surface area contributed by atoms with Gasteiger partial charge in [-0.2, -0.15) is 5.26 Å². The molecule has 0 aliphatic carbocycles. The van der Waals surface area contributed by atoms with E-state index in [1.165, 1.54) is 0 Å². The zero-order valence-electron chi connectivity index (χ0n) is 12.0. The number of carbonyl (C=O) groups is 1. The highest BCUT2D eigenvalue weighted by Gasteiger charge is 2.37. The van der Waals surface area contributed by atoms with E-state index in [1.807, 2.05) is 42.5 Å². The lowest BCUT2D eigenvalue weighted by atomic mass is 9.83. The molecule has 0 N–H and O–H groups in total. The fourth-order valence-corrected chi connectivity index (χ4v) is 1.89. The standard InChI is InChI=1S/C18H19NO2/c1-3-12-18(15-19,13-4-2)17(20)21-14-8-11-16-9-6-5-7-10-16/h3-11H,1-2,12-14H2/b11-8+. The molecule has 3 nitrogen and oxygen atoms in total. The number of ether oxygens (including phenoxy) is 1. The molecule has 0 amide bonds. The van der Waals surface area contributed by atoms with E-state index in [-0.39, 0.29) is 19.4 Å². The number of hydrogen-bond donors (Lipinski definition) is 0. The Morgan fingerprint density at radius 1 is 1.24 bits per heavy atom. The summed E-state index contributed by atoms with van der Waals surface area (Å²) in [7, 11) is 0. The van der Waals surface area contributed by atoms with Crippen LogP contribution in [-0.4, -0.2) is 12.6 Å². The molecule has 1 aromatic rings. The fourth-order valence-electron chi connectivity index (χ4n) is 1.89. The van der Waals surface area contributed by atoms with E-state index in [9.17, 15) is 10.1 Å². The summed E-state index contributed by atoms with van der Waals surface area (Å²) >= 11 is 0. The summed E-state index contributed by atoms with van der Waals surface area (Å²) in [5, 5.41) is 9.28. The predicted molar refractivity (Wildman–Crippen MR) is 84.1 cm³/mol. The van der Waals surface area contributed by atoms with Crippen LogP contribution in [0.5, 0.6) is 0 Å². The van der Waals surface area contributed by atoms with Crippen molar-refractivity contribution in [3.05, 3.63) is 67.3 Å². The number of nitriles is 1. The van der Waals surface area contributed by atoms with E-state index in [2.05, 4.69) is 13.2 Å². The number of nitrogens with zero attached hydrogens (tertiary/aromatic N) is 1. The van der Waals surface area contributed by atoms with Crippen LogP contribution in [0, 0.1) is 16.7 Å². The maximum Gasteiger partial charge on any atom is 0.327 e. The molecule has 0 radical (unpaired) electrons. The topological polar surface area (TPSA) is 50.1 Å². The van der Waals surface area contributed by atoms with E-state index in [0.29, 0.717) is 0 Å². The Bertz CT molecular complexity index is 542. The first kappa shape index (κ1) is 16.5. The molecule has 0 atom stereocenters. The Balaban J connectivity index is 2.62. The molecule has 0 spiro atoms. The van der Waals surface area contributed by atoms with E-state index in [1.54, 1.807) is 18.2 Å². The Hall–Kier alpha value is -2.60. The Morgan fingerprint density at radius 3 is 2.38 bits per heavy atom. The molecule has 21 heavy (non-hydrogen) atoms. The predicted octanol–water partition coefficient (Wildman–Crippen LogP) is 3.91. The number of allylic oxidation sites excluding steroid dienone is 2. The Labute approximate surface area is 125 Å². The highest BCUT2D eigenvalue weighted by molar-refractivity contribution is 5.80. The van der Waals surface area contributed by atoms with Crippen molar-refractivity contribution in [2.45, 2.75) is 12.8 Å². The number of carbonyl (C=O) groups excluding carboxylic acids is 1. The molecular weight excluding hydrogens is 262 g/mol. The highest BCUT2D eigenvalue weighted by atomic mass is 16.5. The van der Waals surface area contributed by atoms with Crippen LogP contribution < -0.4 is 0 Å². The van der Waals surface area contributed by atoms with Crippen molar-refractivity contribution in [2.75, 3.05) is 6.61 Å². The first-order valence-corrected chi connectivity index (χ1v) is 6.70. The Kier molecular flexibility index (Phi) is 6.70. The molecule has 1 aromatic carbocycles. The number of hydrogen-bond acceptors (Lipinski definition) is 3. The molecule has 0 bridgehead atoms. The van der Waals surface area contributed by atoms with Crippen LogP contribution in [0.3, 0.4) is 0 Å². The molecule has 0 fully saturated rings. The molecule has 1 rings (SSSR count). The van der Waals surface area contributed by atoms with Gasteiger partial charge in [-0.25, -0.2) is 0 Å². The minimum atomic E-state index is -1.22. The third-order valence-corrected chi connectivity index (χ3v) is 3.01. The minimum Gasteiger partial charge on any atom is -0.460 e. The van der Waals surface area contributed by atoms with E-state index < -0.39 is 11.4 Å². The normalized spacial score (nSPS) is 10.8. The lowest BCUT2D eigenvalue weighted by molar-refractivity contribution is -0.150. The lowest BCUT2D eigenvalue weighted by Crippen LogP contribution is -2.30. The maximum atomic E-state index is 12.1. The third-order valence-electron chi connectivity index (χ3n) is 3.01. The summed E-state index contributed by atoms with van der Waals surface area (Å²) in [6, 6.07) is 11.7. The first-order chi connectivity index (χ1) is 10.2. The highest BCUT2D eigenvalue weighted by Crippen LogP contribution is 2.28. The molecule has 0 heterocycles. The zero-order chi connectivity index (χ0) is 15.6. The van der Waals surface area contributed by atoms with Gasteiger partial charge >= 0.3 is 5.97 Å². The van der Waals surface area contributed by atoms with E-state index in [0.717, 1.165) is 5.56 Å². The fraction of sp³-hybridized carbons (Fsp3) is 0.222. The van der Waals surface area contributed by atoms with Gasteiger partial charge in [0.05, 0.1) is 6.07 Å². The van der Waals surface area contributed by atoms with Crippen molar-refractivity contribution in [1.29, 1.82) is 5.26 Å². The average Bonchev–Trinajstić information content (AvgIpc) is 2.52. The van der Waals surface area contributed by atoms with Gasteiger partial charge in [0.1, 0.15) is 6.61 Å². The summed E-state index contributed by atoms with van der Waals surface area (Å²) < 4.78 is 5.18. The van der Waals surface area contributed by atoms with Crippen molar-refractivity contribution < 1.29 is 9.53 Å². The summed E-state index contributed by atoms with van der Waals surface area (Å²) in [5.74, 6) is -0.539. The van der Waals surface area contributed by atoms with E-state index in [4.69, 9.17) is 4.74 Å². The molecule has 0 aromatic heterocycles. The zero-order valence-corrected chi connectivity index (χ0v) is 12.0. The van der Waals surface area contributed by atoms with E-state index >= 15 is 0 Å². The van der Waals surface area contributed by atoms with Gasteiger partial charge in [-0.1, -0.05) is 48.6 Å². The maximum absolute atomic E-state index is 12.1. The summed E-state index contributed by atoms with van der Waals surface area (Å²) in [6.45, 7) is 7.30. The summed E-state index contributed by atoms with van der Waals surface area (Å²) in [6.07, 6.45) is 7.20. The number of esters is 1. The van der Waals surface area contributed by atoms with Crippen LogP contribution in [-0.2, 0) is 9.53 Å². The van der Waals surface area contributed by atoms with Gasteiger partial charge in [0, 0.05) is 0 Å². The lowest BCUT2D eigenvalue weighted by Gasteiger charge is -2.21. The molecule has 3 heteroatoms. The van der Waals surface area contributed by atoms with Gasteiger partial charge in [0.15, 0.2) is 5.41 Å². The van der Waals surface area contributed by atoms with Crippen molar-refractivity contribution >= 4 is 12.0 Å². The van der Waals surface area contributed by atoms with Gasteiger partial charge in [0.2, 0.25) is 0 Å². The summed E-state index contributed by atoms with van der Waals surface area (Å²) in [5.41, 5.74) is -0.193. The molecule has 0 unspecified atom stereocenters. The van der Waals surface area contributed by atoms with Gasteiger partial charge in [-0.3, -0.25) is 4.79 Å². The second-order valence-electron chi connectivity index (χ2n) is 4.59. The Morgan fingerprint density at radius 2 is 1.86 bits per heavy atom. The van der Waals surface area contributed by atoms with Crippen molar-refractivity contribution in [2.24, 2.45) is 5.41 Å². The second kappa shape index (κ2) is 8.55. The minimum absolute atomic E-state index is 0.130. The molecule has 0 aliphatic rings. The molecular formula is C18H19NO2. The average molecular weight is 281 g/mol.